The highest BCUT2D eigenvalue weighted by Crippen LogP contribution is 2.29. The lowest BCUT2D eigenvalue weighted by molar-refractivity contribution is -0.385. The highest BCUT2D eigenvalue weighted by atomic mass is 16.6. The molecule has 1 atom stereocenters. The fourth-order valence-corrected chi connectivity index (χ4v) is 2.00. The van der Waals surface area contributed by atoms with Gasteiger partial charge in [-0.15, -0.1) is 0 Å². The lowest BCUT2D eigenvalue weighted by atomic mass is 10.1. The third-order valence-corrected chi connectivity index (χ3v) is 3.16. The summed E-state index contributed by atoms with van der Waals surface area (Å²) in [4.78, 5) is 10.3. The summed E-state index contributed by atoms with van der Waals surface area (Å²) in [6.07, 6.45) is 4.92. The second kappa shape index (κ2) is 8.53. The molecule has 20 heavy (non-hydrogen) atoms. The van der Waals surface area contributed by atoms with E-state index in [0.717, 1.165) is 12.8 Å². The number of unbranched alkanes of at least 4 members (excludes halogenated alkanes) is 4. The lowest BCUT2D eigenvalue weighted by Gasteiger charge is -2.13. The topological polar surface area (TPSA) is 72.6 Å². The second-order valence-electron chi connectivity index (χ2n) is 4.92. The average Bonchev–Trinajstić information content (AvgIpc) is 2.42. The molecule has 112 valence electrons. The molecule has 0 saturated heterocycles. The van der Waals surface area contributed by atoms with E-state index in [-0.39, 0.29) is 5.69 Å². The van der Waals surface area contributed by atoms with Gasteiger partial charge < -0.3 is 9.84 Å². The largest absolute Gasteiger partial charge is 0.493 e. The molecule has 0 amide bonds. The highest BCUT2D eigenvalue weighted by Gasteiger charge is 2.15. The molecule has 0 saturated carbocycles. The molecule has 1 N–H and O–H groups in total. The summed E-state index contributed by atoms with van der Waals surface area (Å²) >= 11 is 0. The molecule has 0 spiro atoms. The van der Waals surface area contributed by atoms with Gasteiger partial charge in [-0.2, -0.15) is 0 Å². The van der Waals surface area contributed by atoms with Gasteiger partial charge in [-0.3, -0.25) is 10.1 Å². The van der Waals surface area contributed by atoms with E-state index >= 15 is 0 Å². The monoisotopic (exact) mass is 281 g/mol. The summed E-state index contributed by atoms with van der Waals surface area (Å²) < 4.78 is 5.63. The van der Waals surface area contributed by atoms with Gasteiger partial charge in [0.2, 0.25) is 0 Å². The Balaban J connectivity index is 2.58. The van der Waals surface area contributed by atoms with Crippen LogP contribution in [-0.4, -0.2) is 16.6 Å². The normalized spacial score (nSPS) is 12.2. The zero-order chi connectivity index (χ0) is 15.0. The molecule has 0 aliphatic heterocycles. The standard InChI is InChI=1S/C15H23NO4/c1-3-4-5-6-7-10-20-15-9-8-13(16(18)19)11-14(15)12(2)17/h8-9,11-12,17H,3-7,10H2,1-2H3. The van der Waals surface area contributed by atoms with Gasteiger partial charge in [0.1, 0.15) is 5.75 Å². The van der Waals surface area contributed by atoms with Gasteiger partial charge in [-0.05, 0) is 19.4 Å². The number of aliphatic hydroxyl groups excluding tert-OH is 1. The molecule has 0 heterocycles. The van der Waals surface area contributed by atoms with E-state index in [2.05, 4.69) is 6.92 Å². The van der Waals surface area contributed by atoms with Crippen molar-refractivity contribution in [3.05, 3.63) is 33.9 Å². The van der Waals surface area contributed by atoms with Crippen molar-refractivity contribution in [1.29, 1.82) is 0 Å². The van der Waals surface area contributed by atoms with Gasteiger partial charge in [0.25, 0.3) is 5.69 Å². The number of rotatable bonds is 9. The number of benzene rings is 1. The minimum Gasteiger partial charge on any atom is -0.493 e. The van der Waals surface area contributed by atoms with Gasteiger partial charge in [0.15, 0.2) is 0 Å². The third kappa shape index (κ3) is 5.17. The molecule has 0 aliphatic rings. The van der Waals surface area contributed by atoms with Crippen molar-refractivity contribution >= 4 is 5.69 Å². The number of nitro benzene ring substituents is 1. The van der Waals surface area contributed by atoms with Crippen LogP contribution in [0, 0.1) is 10.1 Å². The van der Waals surface area contributed by atoms with E-state index in [4.69, 9.17) is 4.74 Å². The Morgan fingerprint density at radius 3 is 2.60 bits per heavy atom. The number of non-ortho nitro benzene ring substituents is 1. The van der Waals surface area contributed by atoms with E-state index < -0.39 is 11.0 Å². The Bertz CT molecular complexity index is 432. The molecule has 0 radical (unpaired) electrons. The van der Waals surface area contributed by atoms with Crippen molar-refractivity contribution in [2.24, 2.45) is 0 Å². The first-order valence-corrected chi connectivity index (χ1v) is 7.15. The molecule has 1 rings (SSSR count). The summed E-state index contributed by atoms with van der Waals surface area (Å²) in [6, 6.07) is 4.33. The Kier molecular flexibility index (Phi) is 7.01. The summed E-state index contributed by atoms with van der Waals surface area (Å²) in [5.74, 6) is 0.529. The number of hydrogen-bond donors (Lipinski definition) is 1. The molecular formula is C15H23NO4. The predicted octanol–water partition coefficient (Wildman–Crippen LogP) is 4.00. The molecule has 1 aromatic rings. The van der Waals surface area contributed by atoms with E-state index in [1.165, 1.54) is 31.4 Å². The molecule has 5 nitrogen and oxygen atoms in total. The van der Waals surface area contributed by atoms with Crippen LogP contribution in [-0.2, 0) is 0 Å². The van der Waals surface area contributed by atoms with Crippen LogP contribution in [0.3, 0.4) is 0 Å². The lowest BCUT2D eigenvalue weighted by Crippen LogP contribution is -2.03. The zero-order valence-electron chi connectivity index (χ0n) is 12.2. The Labute approximate surface area is 119 Å². The third-order valence-electron chi connectivity index (χ3n) is 3.16. The van der Waals surface area contributed by atoms with Crippen LogP contribution in [0.15, 0.2) is 18.2 Å². The van der Waals surface area contributed by atoms with E-state index in [1.807, 2.05) is 0 Å². The van der Waals surface area contributed by atoms with Crippen molar-refractivity contribution < 1.29 is 14.8 Å². The molecule has 1 unspecified atom stereocenters. The number of nitrogens with zero attached hydrogens (tertiary/aromatic N) is 1. The SMILES string of the molecule is CCCCCCCOc1ccc([N+](=O)[O-])cc1C(C)O. The van der Waals surface area contributed by atoms with Gasteiger partial charge in [0.05, 0.1) is 17.6 Å². The van der Waals surface area contributed by atoms with Crippen LogP contribution in [0.5, 0.6) is 5.75 Å². The smallest absolute Gasteiger partial charge is 0.270 e. The van der Waals surface area contributed by atoms with Crippen LogP contribution in [0.1, 0.15) is 57.6 Å². The fourth-order valence-electron chi connectivity index (χ4n) is 2.00. The Morgan fingerprint density at radius 1 is 1.30 bits per heavy atom. The number of ether oxygens (including phenoxy) is 1. The summed E-state index contributed by atoms with van der Waals surface area (Å²) in [5.41, 5.74) is 0.434. The van der Waals surface area contributed by atoms with Crippen molar-refractivity contribution in [3.63, 3.8) is 0 Å². The van der Waals surface area contributed by atoms with Crippen molar-refractivity contribution in [3.8, 4) is 5.75 Å². The molecule has 5 heteroatoms. The van der Waals surface area contributed by atoms with E-state index in [1.54, 1.807) is 13.0 Å². The van der Waals surface area contributed by atoms with E-state index in [0.29, 0.717) is 17.9 Å². The molecule has 0 aromatic heterocycles. The van der Waals surface area contributed by atoms with Crippen LogP contribution in [0.4, 0.5) is 5.69 Å². The fraction of sp³-hybridized carbons (Fsp3) is 0.600. The van der Waals surface area contributed by atoms with Crippen molar-refractivity contribution in [2.75, 3.05) is 6.61 Å². The van der Waals surface area contributed by atoms with Gasteiger partial charge >= 0.3 is 0 Å². The first-order valence-electron chi connectivity index (χ1n) is 7.15. The minimum atomic E-state index is -0.787. The average molecular weight is 281 g/mol. The van der Waals surface area contributed by atoms with Crippen molar-refractivity contribution in [2.45, 2.75) is 52.1 Å². The van der Waals surface area contributed by atoms with Gasteiger partial charge in [-0.1, -0.05) is 32.6 Å². The maximum absolute atomic E-state index is 10.7. The predicted molar refractivity (Wildman–Crippen MR) is 78.0 cm³/mol. The van der Waals surface area contributed by atoms with Gasteiger partial charge in [0, 0.05) is 17.7 Å². The quantitative estimate of drug-likeness (QED) is 0.422. The van der Waals surface area contributed by atoms with Crippen LogP contribution in [0.2, 0.25) is 0 Å². The Morgan fingerprint density at radius 2 is 2.00 bits per heavy atom. The van der Waals surface area contributed by atoms with Crippen LogP contribution in [0.25, 0.3) is 0 Å². The van der Waals surface area contributed by atoms with Gasteiger partial charge in [-0.25, -0.2) is 0 Å². The van der Waals surface area contributed by atoms with Crippen molar-refractivity contribution in [1.82, 2.24) is 0 Å². The molecule has 0 aliphatic carbocycles. The van der Waals surface area contributed by atoms with Crippen LogP contribution >= 0.6 is 0 Å². The summed E-state index contributed by atoms with van der Waals surface area (Å²) in [6.45, 7) is 4.32. The molecular weight excluding hydrogens is 258 g/mol. The zero-order valence-corrected chi connectivity index (χ0v) is 12.2. The maximum Gasteiger partial charge on any atom is 0.270 e. The number of nitro groups is 1. The molecule has 0 bridgehead atoms. The first kappa shape index (κ1) is 16.4. The highest BCUT2D eigenvalue weighted by molar-refractivity contribution is 5.44. The number of aliphatic hydroxyl groups is 1. The van der Waals surface area contributed by atoms with E-state index in [9.17, 15) is 15.2 Å². The van der Waals surface area contributed by atoms with Crippen LogP contribution < -0.4 is 4.74 Å². The minimum absolute atomic E-state index is 0.0313. The summed E-state index contributed by atoms with van der Waals surface area (Å²) in [7, 11) is 0. The molecule has 0 fully saturated rings. The number of hydrogen-bond acceptors (Lipinski definition) is 4. The molecule has 1 aromatic carbocycles. The first-order chi connectivity index (χ1) is 9.56. The second-order valence-corrected chi connectivity index (χ2v) is 4.92. The Hall–Kier alpha value is -1.62. The maximum atomic E-state index is 10.7. The summed E-state index contributed by atoms with van der Waals surface area (Å²) in [5, 5.41) is 20.4.